The predicted molar refractivity (Wildman–Crippen MR) is 81.8 cm³/mol. The van der Waals surface area contributed by atoms with Crippen molar-refractivity contribution in [3.8, 4) is 0 Å². The van der Waals surface area contributed by atoms with Crippen molar-refractivity contribution in [2.45, 2.75) is 25.7 Å². The Balaban J connectivity index is 2.09. The predicted octanol–water partition coefficient (Wildman–Crippen LogP) is 2.59. The van der Waals surface area contributed by atoms with E-state index in [9.17, 15) is 19.7 Å². The second kappa shape index (κ2) is 7.22. The van der Waals surface area contributed by atoms with Crippen LogP contribution in [0.3, 0.4) is 0 Å². The van der Waals surface area contributed by atoms with Crippen molar-refractivity contribution in [3.63, 3.8) is 0 Å². The number of likely N-dealkylation sites (tertiary alicyclic amines) is 1. The Morgan fingerprint density at radius 1 is 1.18 bits per heavy atom. The van der Waals surface area contributed by atoms with Crippen LogP contribution in [0.25, 0.3) is 0 Å². The minimum Gasteiger partial charge on any atom is -0.334 e. The SMILES string of the molecule is O=C(Nc1cc([N+](=O)[O-])ccc1Cl)C(=O)N1CCCCCC1. The van der Waals surface area contributed by atoms with E-state index in [1.54, 1.807) is 0 Å². The first-order valence-corrected chi connectivity index (χ1v) is 7.41. The van der Waals surface area contributed by atoms with Crippen LogP contribution in [-0.2, 0) is 9.59 Å². The summed E-state index contributed by atoms with van der Waals surface area (Å²) in [7, 11) is 0. The van der Waals surface area contributed by atoms with Crippen molar-refractivity contribution in [1.29, 1.82) is 0 Å². The zero-order valence-corrected chi connectivity index (χ0v) is 12.6. The third kappa shape index (κ3) is 3.94. The Labute approximate surface area is 132 Å². The van der Waals surface area contributed by atoms with Gasteiger partial charge in [-0.15, -0.1) is 0 Å². The fourth-order valence-electron chi connectivity index (χ4n) is 2.32. The molecule has 0 unspecified atom stereocenters. The van der Waals surface area contributed by atoms with Crippen molar-refractivity contribution in [3.05, 3.63) is 33.3 Å². The molecule has 1 aromatic rings. The minimum atomic E-state index is -0.829. The van der Waals surface area contributed by atoms with Crippen LogP contribution in [-0.4, -0.2) is 34.7 Å². The quantitative estimate of drug-likeness (QED) is 0.514. The summed E-state index contributed by atoms with van der Waals surface area (Å²) in [4.78, 5) is 35.8. The molecule has 2 rings (SSSR count). The number of hydrogen-bond donors (Lipinski definition) is 1. The highest BCUT2D eigenvalue weighted by Gasteiger charge is 2.23. The van der Waals surface area contributed by atoms with Gasteiger partial charge in [0.1, 0.15) is 0 Å². The maximum absolute atomic E-state index is 12.1. The molecule has 1 aliphatic heterocycles. The maximum Gasteiger partial charge on any atom is 0.313 e. The fraction of sp³-hybridized carbons (Fsp3) is 0.429. The Morgan fingerprint density at radius 3 is 2.41 bits per heavy atom. The molecule has 0 aromatic heterocycles. The summed E-state index contributed by atoms with van der Waals surface area (Å²) in [6.45, 7) is 1.10. The summed E-state index contributed by atoms with van der Waals surface area (Å²) in [5.74, 6) is -1.46. The second-order valence-corrected chi connectivity index (χ2v) is 5.49. The molecule has 1 aliphatic rings. The van der Waals surface area contributed by atoms with Crippen molar-refractivity contribution >= 4 is 34.8 Å². The van der Waals surface area contributed by atoms with E-state index in [4.69, 9.17) is 11.6 Å². The molecule has 0 spiro atoms. The molecule has 0 atom stereocenters. The molecule has 0 aliphatic carbocycles. The first-order valence-electron chi connectivity index (χ1n) is 7.03. The lowest BCUT2D eigenvalue weighted by atomic mass is 10.2. The standard InChI is InChI=1S/C14H16ClN3O4/c15-11-6-5-10(18(21)22)9-12(11)16-13(19)14(20)17-7-3-1-2-4-8-17/h5-6,9H,1-4,7-8H2,(H,16,19). The lowest BCUT2D eigenvalue weighted by molar-refractivity contribution is -0.384. The van der Waals surface area contributed by atoms with E-state index in [1.807, 2.05) is 0 Å². The van der Waals surface area contributed by atoms with Gasteiger partial charge in [-0.1, -0.05) is 24.4 Å². The lowest BCUT2D eigenvalue weighted by Crippen LogP contribution is -2.40. The molecule has 7 nitrogen and oxygen atoms in total. The van der Waals surface area contributed by atoms with Crippen molar-refractivity contribution in [2.75, 3.05) is 18.4 Å². The van der Waals surface area contributed by atoms with E-state index in [1.165, 1.54) is 17.0 Å². The number of carbonyl (C=O) groups excluding carboxylic acids is 2. The number of carbonyl (C=O) groups is 2. The molecule has 1 heterocycles. The largest absolute Gasteiger partial charge is 0.334 e. The lowest BCUT2D eigenvalue weighted by Gasteiger charge is -2.19. The van der Waals surface area contributed by atoms with Crippen LogP contribution < -0.4 is 5.32 Å². The number of anilines is 1. The highest BCUT2D eigenvalue weighted by atomic mass is 35.5. The number of benzene rings is 1. The van der Waals surface area contributed by atoms with Gasteiger partial charge in [0.05, 0.1) is 15.6 Å². The third-order valence-electron chi connectivity index (χ3n) is 3.50. The van der Waals surface area contributed by atoms with E-state index >= 15 is 0 Å². The molecule has 0 bridgehead atoms. The van der Waals surface area contributed by atoms with E-state index < -0.39 is 16.7 Å². The van der Waals surface area contributed by atoms with Crippen LogP contribution in [0.5, 0.6) is 0 Å². The number of amides is 2. The zero-order chi connectivity index (χ0) is 16.1. The number of halogens is 1. The van der Waals surface area contributed by atoms with E-state index in [0.717, 1.165) is 31.7 Å². The van der Waals surface area contributed by atoms with Crippen LogP contribution >= 0.6 is 11.6 Å². The van der Waals surface area contributed by atoms with Gasteiger partial charge in [0.25, 0.3) is 5.69 Å². The summed E-state index contributed by atoms with van der Waals surface area (Å²) >= 11 is 5.90. The zero-order valence-electron chi connectivity index (χ0n) is 11.9. The van der Waals surface area contributed by atoms with Crippen molar-refractivity contribution < 1.29 is 14.5 Å². The van der Waals surface area contributed by atoms with Gasteiger partial charge in [0, 0.05) is 25.2 Å². The smallest absolute Gasteiger partial charge is 0.313 e. The number of rotatable bonds is 2. The Morgan fingerprint density at radius 2 is 1.82 bits per heavy atom. The van der Waals surface area contributed by atoms with Gasteiger partial charge >= 0.3 is 11.8 Å². The third-order valence-corrected chi connectivity index (χ3v) is 3.83. The molecule has 1 fully saturated rings. The van der Waals surface area contributed by atoms with Crippen molar-refractivity contribution in [1.82, 2.24) is 4.90 Å². The minimum absolute atomic E-state index is 0.0593. The normalized spacial score (nSPS) is 15.0. The second-order valence-electron chi connectivity index (χ2n) is 5.08. The number of non-ortho nitro benzene ring substituents is 1. The Bertz CT molecular complexity index is 598. The average molecular weight is 326 g/mol. The molecule has 22 heavy (non-hydrogen) atoms. The number of nitro groups is 1. The monoisotopic (exact) mass is 325 g/mol. The number of nitrogens with one attached hydrogen (secondary N) is 1. The molecular weight excluding hydrogens is 310 g/mol. The number of hydrogen-bond acceptors (Lipinski definition) is 4. The molecule has 1 aromatic carbocycles. The molecule has 0 radical (unpaired) electrons. The van der Waals surface area contributed by atoms with Gasteiger partial charge in [0.15, 0.2) is 0 Å². The first kappa shape index (κ1) is 16.2. The molecule has 2 amide bonds. The Kier molecular flexibility index (Phi) is 5.32. The molecule has 8 heteroatoms. The molecule has 0 saturated carbocycles. The van der Waals surface area contributed by atoms with Gasteiger partial charge in [-0.05, 0) is 18.9 Å². The van der Waals surface area contributed by atoms with Gasteiger partial charge in [0.2, 0.25) is 0 Å². The van der Waals surface area contributed by atoms with E-state index in [2.05, 4.69) is 5.32 Å². The van der Waals surface area contributed by atoms with E-state index in [-0.39, 0.29) is 16.4 Å². The highest BCUT2D eigenvalue weighted by molar-refractivity contribution is 6.41. The van der Waals surface area contributed by atoms with Crippen LogP contribution in [0.1, 0.15) is 25.7 Å². The topological polar surface area (TPSA) is 92.5 Å². The summed E-state index contributed by atoms with van der Waals surface area (Å²) in [5, 5.41) is 13.2. The summed E-state index contributed by atoms with van der Waals surface area (Å²) < 4.78 is 0. The van der Waals surface area contributed by atoms with E-state index in [0.29, 0.717) is 13.1 Å². The van der Waals surface area contributed by atoms with Crippen LogP contribution in [0.2, 0.25) is 5.02 Å². The fourth-order valence-corrected chi connectivity index (χ4v) is 2.48. The Hall–Kier alpha value is -2.15. The summed E-state index contributed by atoms with van der Waals surface area (Å²) in [5.41, 5.74) is -0.147. The van der Waals surface area contributed by atoms with Crippen molar-refractivity contribution in [2.24, 2.45) is 0 Å². The number of nitrogens with zero attached hydrogens (tertiary/aromatic N) is 2. The molecule has 1 saturated heterocycles. The molecular formula is C14H16ClN3O4. The highest BCUT2D eigenvalue weighted by Crippen LogP contribution is 2.26. The summed E-state index contributed by atoms with van der Waals surface area (Å²) in [6, 6.07) is 3.68. The van der Waals surface area contributed by atoms with Gasteiger partial charge in [-0.3, -0.25) is 19.7 Å². The van der Waals surface area contributed by atoms with Gasteiger partial charge < -0.3 is 10.2 Å². The molecule has 118 valence electrons. The van der Waals surface area contributed by atoms with Gasteiger partial charge in [-0.25, -0.2) is 0 Å². The van der Waals surface area contributed by atoms with Crippen LogP contribution in [0, 0.1) is 10.1 Å². The average Bonchev–Trinajstić information content (AvgIpc) is 2.77. The summed E-state index contributed by atoms with van der Waals surface area (Å²) in [6.07, 6.45) is 3.83. The first-order chi connectivity index (χ1) is 10.5. The maximum atomic E-state index is 12.1. The van der Waals surface area contributed by atoms with Gasteiger partial charge in [-0.2, -0.15) is 0 Å². The number of nitro benzene ring substituents is 1. The van der Waals surface area contributed by atoms with Crippen LogP contribution in [0.4, 0.5) is 11.4 Å². The molecule has 1 N–H and O–H groups in total. The van der Waals surface area contributed by atoms with Crippen LogP contribution in [0.15, 0.2) is 18.2 Å².